The zero-order chi connectivity index (χ0) is 21.7. The second-order valence-electron chi connectivity index (χ2n) is 7.73. The van der Waals surface area contributed by atoms with E-state index in [1.807, 2.05) is 56.3 Å². The summed E-state index contributed by atoms with van der Waals surface area (Å²) in [7, 11) is 0. The molecule has 0 bridgehead atoms. The predicted octanol–water partition coefficient (Wildman–Crippen LogP) is 4.36. The van der Waals surface area contributed by atoms with Crippen LogP contribution in [0.5, 0.6) is 0 Å². The molecular weight excluding hydrogens is 376 g/mol. The van der Waals surface area contributed by atoms with Gasteiger partial charge in [-0.25, -0.2) is 0 Å². The van der Waals surface area contributed by atoms with Crippen LogP contribution in [0.2, 0.25) is 0 Å². The first-order valence-electron chi connectivity index (χ1n) is 10.0. The van der Waals surface area contributed by atoms with Crippen LogP contribution in [0.3, 0.4) is 0 Å². The number of nitrogens with one attached hydrogen (secondary N) is 2. The first-order valence-corrected chi connectivity index (χ1v) is 10.0. The van der Waals surface area contributed by atoms with Crippen molar-refractivity contribution in [2.45, 2.75) is 33.2 Å². The van der Waals surface area contributed by atoms with Crippen LogP contribution in [-0.2, 0) is 16.0 Å². The van der Waals surface area contributed by atoms with E-state index in [2.05, 4.69) is 10.6 Å². The molecule has 5 nitrogen and oxygen atoms in total. The van der Waals surface area contributed by atoms with Gasteiger partial charge in [-0.05, 0) is 41.3 Å². The van der Waals surface area contributed by atoms with Gasteiger partial charge in [-0.15, -0.1) is 0 Å². The van der Waals surface area contributed by atoms with Crippen LogP contribution < -0.4 is 10.6 Å². The maximum atomic E-state index is 12.8. The average Bonchev–Trinajstić information content (AvgIpc) is 2.72. The molecule has 3 aromatic rings. The van der Waals surface area contributed by atoms with E-state index in [4.69, 9.17) is 0 Å². The summed E-state index contributed by atoms with van der Waals surface area (Å²) in [5.41, 5.74) is 1.97. The number of anilines is 1. The molecule has 0 aromatic heterocycles. The molecule has 0 fully saturated rings. The number of carbonyl (C=O) groups excluding carboxylic acids is 3. The molecule has 3 aromatic carbocycles. The van der Waals surface area contributed by atoms with Crippen LogP contribution in [0.4, 0.5) is 5.69 Å². The Bertz CT molecular complexity index is 1080. The Morgan fingerprint density at radius 3 is 2.33 bits per heavy atom. The van der Waals surface area contributed by atoms with Crippen molar-refractivity contribution >= 4 is 34.1 Å². The van der Waals surface area contributed by atoms with Crippen molar-refractivity contribution in [3.05, 3.63) is 77.9 Å². The molecule has 1 unspecified atom stereocenters. The molecule has 0 radical (unpaired) electrons. The molecule has 0 aliphatic heterocycles. The summed E-state index contributed by atoms with van der Waals surface area (Å²) < 4.78 is 0. The van der Waals surface area contributed by atoms with E-state index in [0.29, 0.717) is 11.3 Å². The van der Waals surface area contributed by atoms with E-state index in [9.17, 15) is 14.4 Å². The number of hydrogen-bond donors (Lipinski definition) is 2. The molecule has 0 saturated carbocycles. The lowest BCUT2D eigenvalue weighted by Gasteiger charge is -2.22. The molecule has 5 heteroatoms. The van der Waals surface area contributed by atoms with Crippen molar-refractivity contribution < 1.29 is 14.4 Å². The van der Waals surface area contributed by atoms with E-state index in [0.717, 1.165) is 16.3 Å². The number of carbonyl (C=O) groups is 3. The van der Waals surface area contributed by atoms with Gasteiger partial charge >= 0.3 is 0 Å². The average molecular weight is 402 g/mol. The molecule has 2 amide bonds. The Morgan fingerprint density at radius 2 is 1.60 bits per heavy atom. The number of fused-ring (bicyclic) bond motifs is 1. The van der Waals surface area contributed by atoms with E-state index in [-0.39, 0.29) is 29.9 Å². The Balaban J connectivity index is 1.71. The van der Waals surface area contributed by atoms with Crippen LogP contribution in [0.15, 0.2) is 66.7 Å². The summed E-state index contributed by atoms with van der Waals surface area (Å²) in [5.74, 6) is -0.693. The Morgan fingerprint density at radius 1 is 0.900 bits per heavy atom. The highest BCUT2D eigenvalue weighted by atomic mass is 16.2. The van der Waals surface area contributed by atoms with Crippen molar-refractivity contribution in [1.82, 2.24) is 5.32 Å². The molecule has 0 saturated heterocycles. The van der Waals surface area contributed by atoms with Crippen molar-refractivity contribution in [3.8, 4) is 0 Å². The zero-order valence-corrected chi connectivity index (χ0v) is 17.4. The normalized spacial score (nSPS) is 11.9. The highest BCUT2D eigenvalue weighted by molar-refractivity contribution is 6.00. The standard InChI is InChI=1S/C25H26N2O3/c1-16(2)24(25(30)26-21-12-7-10-19(14-21)17(3)28)27-23(29)15-20-11-6-9-18-8-4-5-13-22(18)20/h4-14,16,24H,15H2,1-3H3,(H,26,30)(H,27,29). The molecule has 2 N–H and O–H groups in total. The first-order chi connectivity index (χ1) is 14.3. The zero-order valence-electron chi connectivity index (χ0n) is 17.4. The molecule has 1 atom stereocenters. The van der Waals surface area contributed by atoms with Gasteiger partial charge in [0.2, 0.25) is 11.8 Å². The summed E-state index contributed by atoms with van der Waals surface area (Å²) in [5, 5.41) is 7.79. The molecule has 30 heavy (non-hydrogen) atoms. The smallest absolute Gasteiger partial charge is 0.247 e. The molecule has 0 spiro atoms. The van der Waals surface area contributed by atoms with E-state index >= 15 is 0 Å². The molecular formula is C25H26N2O3. The van der Waals surface area contributed by atoms with Gasteiger partial charge in [0.1, 0.15) is 6.04 Å². The minimum Gasteiger partial charge on any atom is -0.344 e. The molecule has 3 rings (SSSR count). The maximum absolute atomic E-state index is 12.8. The van der Waals surface area contributed by atoms with Crippen LogP contribution in [0, 0.1) is 5.92 Å². The first kappa shape index (κ1) is 21.2. The van der Waals surface area contributed by atoms with Crippen molar-refractivity contribution in [1.29, 1.82) is 0 Å². The number of benzene rings is 3. The fourth-order valence-electron chi connectivity index (χ4n) is 3.42. The lowest BCUT2D eigenvalue weighted by molar-refractivity contribution is -0.127. The van der Waals surface area contributed by atoms with Crippen LogP contribution in [-0.4, -0.2) is 23.6 Å². The number of Topliss-reactive ketones (excluding diaryl/α,β-unsaturated/α-hetero) is 1. The fourth-order valence-corrected chi connectivity index (χ4v) is 3.42. The number of ketones is 1. The van der Waals surface area contributed by atoms with Gasteiger partial charge in [0.25, 0.3) is 0 Å². The summed E-state index contributed by atoms with van der Waals surface area (Å²) >= 11 is 0. The molecule has 0 aliphatic rings. The van der Waals surface area contributed by atoms with Crippen molar-refractivity contribution in [3.63, 3.8) is 0 Å². The van der Waals surface area contributed by atoms with Gasteiger partial charge in [0.15, 0.2) is 5.78 Å². The van der Waals surface area contributed by atoms with E-state index in [1.165, 1.54) is 6.92 Å². The van der Waals surface area contributed by atoms with Gasteiger partial charge in [0, 0.05) is 11.3 Å². The third-order valence-electron chi connectivity index (χ3n) is 5.03. The molecule has 0 heterocycles. The Labute approximate surface area is 176 Å². The highest BCUT2D eigenvalue weighted by Crippen LogP contribution is 2.19. The van der Waals surface area contributed by atoms with Gasteiger partial charge < -0.3 is 10.6 Å². The number of hydrogen-bond acceptors (Lipinski definition) is 3. The minimum absolute atomic E-state index is 0.0742. The second-order valence-corrected chi connectivity index (χ2v) is 7.73. The van der Waals surface area contributed by atoms with Gasteiger partial charge in [-0.3, -0.25) is 14.4 Å². The van der Waals surface area contributed by atoms with Gasteiger partial charge in [0.05, 0.1) is 6.42 Å². The minimum atomic E-state index is -0.687. The van der Waals surface area contributed by atoms with E-state index in [1.54, 1.807) is 24.3 Å². The quantitative estimate of drug-likeness (QED) is 0.577. The summed E-state index contributed by atoms with van der Waals surface area (Å²) in [6.45, 7) is 5.24. The largest absolute Gasteiger partial charge is 0.344 e. The Hall–Kier alpha value is -3.47. The fraction of sp³-hybridized carbons (Fsp3) is 0.240. The number of amides is 2. The van der Waals surface area contributed by atoms with Crippen molar-refractivity contribution in [2.75, 3.05) is 5.32 Å². The summed E-state index contributed by atoms with van der Waals surface area (Å²) in [6.07, 6.45) is 0.192. The second kappa shape index (κ2) is 9.35. The van der Waals surface area contributed by atoms with E-state index < -0.39 is 6.04 Å². The van der Waals surface area contributed by atoms with Crippen molar-refractivity contribution in [2.24, 2.45) is 5.92 Å². The number of rotatable bonds is 7. The highest BCUT2D eigenvalue weighted by Gasteiger charge is 2.24. The molecule has 0 aliphatic carbocycles. The Kier molecular flexibility index (Phi) is 6.62. The van der Waals surface area contributed by atoms with Crippen LogP contribution >= 0.6 is 0 Å². The van der Waals surface area contributed by atoms with Crippen LogP contribution in [0.25, 0.3) is 10.8 Å². The summed E-state index contributed by atoms with van der Waals surface area (Å²) in [6, 6.07) is 19.9. The monoisotopic (exact) mass is 402 g/mol. The molecule has 154 valence electrons. The topological polar surface area (TPSA) is 75.3 Å². The third-order valence-corrected chi connectivity index (χ3v) is 5.03. The summed E-state index contributed by atoms with van der Waals surface area (Å²) in [4.78, 5) is 37.1. The lowest BCUT2D eigenvalue weighted by Crippen LogP contribution is -2.47. The maximum Gasteiger partial charge on any atom is 0.247 e. The SMILES string of the molecule is CC(=O)c1cccc(NC(=O)C(NC(=O)Cc2cccc3ccccc23)C(C)C)c1. The van der Waals surface area contributed by atoms with Gasteiger partial charge in [-0.2, -0.15) is 0 Å². The van der Waals surface area contributed by atoms with Crippen LogP contribution in [0.1, 0.15) is 36.7 Å². The predicted molar refractivity (Wildman–Crippen MR) is 119 cm³/mol. The van der Waals surface area contributed by atoms with Gasteiger partial charge in [-0.1, -0.05) is 68.4 Å². The third kappa shape index (κ3) is 5.11. The lowest BCUT2D eigenvalue weighted by atomic mass is 10.00.